The molecule has 0 aliphatic heterocycles. The van der Waals surface area contributed by atoms with Crippen molar-refractivity contribution in [1.29, 1.82) is 0 Å². The van der Waals surface area contributed by atoms with Crippen molar-refractivity contribution in [1.82, 2.24) is 0 Å². The largest absolute Gasteiger partial charge is 0.490 e. The maximum absolute atomic E-state index is 12.0. The van der Waals surface area contributed by atoms with Gasteiger partial charge in [0.25, 0.3) is 0 Å². The van der Waals surface area contributed by atoms with Crippen LogP contribution in [-0.4, -0.2) is 12.1 Å². The Morgan fingerprint density at radius 1 is 1.29 bits per heavy atom. The van der Waals surface area contributed by atoms with Crippen LogP contribution in [0, 0.1) is 0 Å². The lowest BCUT2D eigenvalue weighted by atomic mass is 10.1. The normalized spacial score (nSPS) is 13.2. The van der Waals surface area contributed by atoms with E-state index < -0.39 is 18.2 Å². The molecule has 94 valence electrons. The molecule has 0 bridgehead atoms. The van der Waals surface area contributed by atoms with Gasteiger partial charge in [0.2, 0.25) is 0 Å². The molecule has 1 unspecified atom stereocenters. The van der Waals surface area contributed by atoms with E-state index in [-0.39, 0.29) is 0 Å². The van der Waals surface area contributed by atoms with Gasteiger partial charge in [-0.3, -0.25) is 0 Å². The number of hydrogen-bond donors (Lipinski definition) is 0. The lowest BCUT2D eigenvalue weighted by Crippen LogP contribution is -2.26. The van der Waals surface area contributed by atoms with Crippen LogP contribution in [0.2, 0.25) is 0 Å². The predicted molar refractivity (Wildman–Crippen MR) is 56.4 cm³/mol. The fourth-order valence-corrected chi connectivity index (χ4v) is 1.32. The van der Waals surface area contributed by atoms with Gasteiger partial charge in [0.1, 0.15) is 6.10 Å². The van der Waals surface area contributed by atoms with Gasteiger partial charge in [0, 0.05) is 0 Å². The molecule has 1 aromatic rings. The molecule has 1 aromatic carbocycles. The average molecular weight is 246 g/mol. The van der Waals surface area contributed by atoms with E-state index in [0.29, 0.717) is 5.56 Å². The molecule has 1 rings (SSSR count). The zero-order valence-corrected chi connectivity index (χ0v) is 9.54. The summed E-state index contributed by atoms with van der Waals surface area (Å²) in [4.78, 5) is 10.6. The standard InChI is InChI=1S/C12H13F3O2/c1-3-9-4-6-10(7-5-9)8(2)17-11(16)12(13,14)15/h4-8H,3H2,1-2H3. The highest BCUT2D eigenvalue weighted by molar-refractivity contribution is 5.75. The van der Waals surface area contributed by atoms with E-state index in [4.69, 9.17) is 0 Å². The number of ether oxygens (including phenoxy) is 1. The lowest BCUT2D eigenvalue weighted by Gasteiger charge is -2.15. The van der Waals surface area contributed by atoms with Crippen molar-refractivity contribution in [3.05, 3.63) is 35.4 Å². The van der Waals surface area contributed by atoms with Gasteiger partial charge in [-0.15, -0.1) is 0 Å². The first-order valence-corrected chi connectivity index (χ1v) is 5.21. The first kappa shape index (κ1) is 13.5. The smallest absolute Gasteiger partial charge is 0.451 e. The molecule has 0 fully saturated rings. The van der Waals surface area contributed by atoms with E-state index in [2.05, 4.69) is 4.74 Å². The van der Waals surface area contributed by atoms with Crippen LogP contribution in [0.25, 0.3) is 0 Å². The highest BCUT2D eigenvalue weighted by Gasteiger charge is 2.41. The molecule has 1 atom stereocenters. The van der Waals surface area contributed by atoms with Crippen molar-refractivity contribution in [3.63, 3.8) is 0 Å². The van der Waals surface area contributed by atoms with Crippen molar-refractivity contribution in [2.75, 3.05) is 0 Å². The molecule has 0 N–H and O–H groups in total. The molecule has 2 nitrogen and oxygen atoms in total. The van der Waals surface area contributed by atoms with Gasteiger partial charge < -0.3 is 4.74 Å². The number of carbonyl (C=O) groups is 1. The summed E-state index contributed by atoms with van der Waals surface area (Å²) in [5, 5.41) is 0. The Morgan fingerprint density at radius 2 is 1.82 bits per heavy atom. The van der Waals surface area contributed by atoms with E-state index in [1.165, 1.54) is 6.92 Å². The van der Waals surface area contributed by atoms with E-state index in [1.807, 2.05) is 6.92 Å². The number of aryl methyl sites for hydroxylation is 1. The van der Waals surface area contributed by atoms with Crippen LogP contribution < -0.4 is 0 Å². The Hall–Kier alpha value is -1.52. The van der Waals surface area contributed by atoms with Crippen LogP contribution in [0.15, 0.2) is 24.3 Å². The van der Waals surface area contributed by atoms with Crippen molar-refractivity contribution >= 4 is 5.97 Å². The highest BCUT2D eigenvalue weighted by Crippen LogP contribution is 2.23. The Kier molecular flexibility index (Phi) is 4.15. The van der Waals surface area contributed by atoms with Crippen molar-refractivity contribution in [3.8, 4) is 0 Å². The predicted octanol–water partition coefficient (Wildman–Crippen LogP) is 3.42. The van der Waals surface area contributed by atoms with E-state index in [0.717, 1.165) is 12.0 Å². The molecule has 0 amide bonds. The number of esters is 1. The SMILES string of the molecule is CCc1ccc(C(C)OC(=O)C(F)(F)F)cc1. The number of alkyl halides is 3. The van der Waals surface area contributed by atoms with Crippen molar-refractivity contribution < 1.29 is 22.7 Å². The maximum atomic E-state index is 12.0. The fraction of sp³-hybridized carbons (Fsp3) is 0.417. The zero-order chi connectivity index (χ0) is 13.1. The molecule has 0 radical (unpaired) electrons. The number of carbonyl (C=O) groups excluding carboxylic acids is 1. The summed E-state index contributed by atoms with van der Waals surface area (Å²) in [5.74, 6) is -2.16. The molecular formula is C12H13F3O2. The Balaban J connectivity index is 2.70. The molecule has 0 heterocycles. The molecule has 0 spiro atoms. The molecule has 0 aliphatic rings. The van der Waals surface area contributed by atoms with Crippen molar-refractivity contribution in [2.24, 2.45) is 0 Å². The monoisotopic (exact) mass is 246 g/mol. The lowest BCUT2D eigenvalue weighted by molar-refractivity contribution is -0.204. The summed E-state index contributed by atoms with van der Waals surface area (Å²) < 4.78 is 40.2. The first-order chi connectivity index (χ1) is 7.84. The van der Waals surface area contributed by atoms with E-state index in [1.54, 1.807) is 24.3 Å². The molecule has 0 saturated heterocycles. The van der Waals surface area contributed by atoms with Crippen LogP contribution >= 0.6 is 0 Å². The number of halogens is 3. The first-order valence-electron chi connectivity index (χ1n) is 5.21. The summed E-state index contributed by atoms with van der Waals surface area (Å²) in [6.45, 7) is 3.38. The van der Waals surface area contributed by atoms with Gasteiger partial charge in [-0.1, -0.05) is 31.2 Å². The minimum atomic E-state index is -4.95. The summed E-state index contributed by atoms with van der Waals surface area (Å²) >= 11 is 0. The fourth-order valence-electron chi connectivity index (χ4n) is 1.32. The van der Waals surface area contributed by atoms with E-state index >= 15 is 0 Å². The summed E-state index contributed by atoms with van der Waals surface area (Å²) in [7, 11) is 0. The third-order valence-corrected chi connectivity index (χ3v) is 2.37. The van der Waals surface area contributed by atoms with Crippen LogP contribution in [0.1, 0.15) is 31.1 Å². The third-order valence-electron chi connectivity index (χ3n) is 2.37. The number of rotatable bonds is 3. The Bertz CT molecular complexity index is 382. The molecule has 5 heteroatoms. The number of hydrogen-bond acceptors (Lipinski definition) is 2. The second-order valence-corrected chi connectivity index (χ2v) is 3.64. The minimum Gasteiger partial charge on any atom is -0.451 e. The van der Waals surface area contributed by atoms with Crippen molar-refractivity contribution in [2.45, 2.75) is 32.5 Å². The van der Waals surface area contributed by atoms with Gasteiger partial charge >= 0.3 is 12.1 Å². The Morgan fingerprint density at radius 3 is 2.24 bits per heavy atom. The van der Waals surface area contributed by atoms with Gasteiger partial charge in [-0.25, -0.2) is 4.79 Å². The molecular weight excluding hydrogens is 233 g/mol. The summed E-state index contributed by atoms with van der Waals surface area (Å²) in [6.07, 6.45) is -5.01. The van der Waals surface area contributed by atoms with Gasteiger partial charge in [0.15, 0.2) is 0 Å². The third kappa shape index (κ3) is 3.76. The minimum absolute atomic E-state index is 0.541. The molecule has 0 aliphatic carbocycles. The van der Waals surface area contributed by atoms with E-state index in [9.17, 15) is 18.0 Å². The average Bonchev–Trinajstić information content (AvgIpc) is 2.27. The maximum Gasteiger partial charge on any atom is 0.490 e. The van der Waals surface area contributed by atoms with Gasteiger partial charge in [0.05, 0.1) is 0 Å². The van der Waals surface area contributed by atoms with Crippen LogP contribution in [0.3, 0.4) is 0 Å². The summed E-state index contributed by atoms with van der Waals surface area (Å²) in [5.41, 5.74) is 1.61. The Labute approximate surface area is 97.4 Å². The van der Waals surface area contributed by atoms with Crippen LogP contribution in [0.5, 0.6) is 0 Å². The van der Waals surface area contributed by atoms with Crippen LogP contribution in [0.4, 0.5) is 13.2 Å². The molecule has 17 heavy (non-hydrogen) atoms. The van der Waals surface area contributed by atoms with Gasteiger partial charge in [-0.05, 0) is 24.5 Å². The highest BCUT2D eigenvalue weighted by atomic mass is 19.4. The molecule has 0 saturated carbocycles. The second kappa shape index (κ2) is 5.21. The van der Waals surface area contributed by atoms with Gasteiger partial charge in [-0.2, -0.15) is 13.2 Å². The number of benzene rings is 1. The second-order valence-electron chi connectivity index (χ2n) is 3.64. The topological polar surface area (TPSA) is 26.3 Å². The van der Waals surface area contributed by atoms with Crippen LogP contribution in [-0.2, 0) is 16.0 Å². The summed E-state index contributed by atoms with van der Waals surface area (Å²) in [6, 6.07) is 6.92. The quantitative estimate of drug-likeness (QED) is 0.764. The zero-order valence-electron chi connectivity index (χ0n) is 9.54. The molecule has 0 aromatic heterocycles.